The summed E-state index contributed by atoms with van der Waals surface area (Å²) >= 11 is 0. The minimum absolute atomic E-state index is 0.0962. The second-order valence-electron chi connectivity index (χ2n) is 9.42. The average molecular weight is 495 g/mol. The number of benzene rings is 1. The van der Waals surface area contributed by atoms with Gasteiger partial charge in [-0.05, 0) is 56.9 Å². The summed E-state index contributed by atoms with van der Waals surface area (Å²) < 4.78 is 7.97. The van der Waals surface area contributed by atoms with Crippen molar-refractivity contribution in [3.8, 4) is 22.8 Å². The van der Waals surface area contributed by atoms with E-state index in [0.29, 0.717) is 60.6 Å². The van der Waals surface area contributed by atoms with E-state index in [0.717, 1.165) is 11.1 Å². The molecule has 3 N–H and O–H groups in total. The third-order valence-corrected chi connectivity index (χ3v) is 6.64. The zero-order chi connectivity index (χ0) is 26.0. The number of aromatic nitrogens is 2. The molecule has 2 aromatic heterocycles. The third kappa shape index (κ3) is 4.88. The number of fused-ring (bicyclic) bond motifs is 1. The molecule has 1 aliphatic heterocycles. The van der Waals surface area contributed by atoms with Crippen LogP contribution in [0.4, 0.5) is 0 Å². The van der Waals surface area contributed by atoms with E-state index in [1.54, 1.807) is 17.0 Å². The summed E-state index contributed by atoms with van der Waals surface area (Å²) in [6.45, 7) is 6.30. The van der Waals surface area contributed by atoms with Crippen molar-refractivity contribution in [1.82, 2.24) is 19.8 Å². The molecule has 1 aromatic carbocycles. The van der Waals surface area contributed by atoms with Crippen LogP contribution in [0.3, 0.4) is 0 Å². The zero-order valence-corrected chi connectivity index (χ0v) is 21.2. The number of hydrogen-bond donors (Lipinski definition) is 3. The van der Waals surface area contributed by atoms with Gasteiger partial charge in [0.2, 0.25) is 5.91 Å². The van der Waals surface area contributed by atoms with E-state index in [9.17, 15) is 14.7 Å². The number of nitrogens with zero attached hydrogens (tertiary/aromatic N) is 3. The molecule has 1 saturated heterocycles. The maximum absolute atomic E-state index is 13.5. The first-order chi connectivity index (χ1) is 17.2. The quantitative estimate of drug-likeness (QED) is 0.465. The zero-order valence-electron chi connectivity index (χ0n) is 21.2. The maximum atomic E-state index is 13.5. The molecule has 1 fully saturated rings. The lowest BCUT2D eigenvalue weighted by atomic mass is 10.0. The minimum atomic E-state index is -0.502. The van der Waals surface area contributed by atoms with Crippen LogP contribution in [0.5, 0.6) is 11.5 Å². The van der Waals surface area contributed by atoms with Crippen molar-refractivity contribution in [2.24, 2.45) is 7.05 Å². The topological polar surface area (TPSA) is 117 Å². The van der Waals surface area contributed by atoms with Crippen molar-refractivity contribution in [2.45, 2.75) is 52.2 Å². The Balaban J connectivity index is 1.73. The van der Waals surface area contributed by atoms with Gasteiger partial charge in [0.15, 0.2) is 11.4 Å². The van der Waals surface area contributed by atoms with Crippen molar-refractivity contribution < 1.29 is 24.5 Å². The van der Waals surface area contributed by atoms with E-state index in [-0.39, 0.29) is 29.7 Å². The number of amides is 2. The highest BCUT2D eigenvalue weighted by atomic mass is 16.5. The number of aliphatic hydroxyl groups is 1. The fourth-order valence-electron chi connectivity index (χ4n) is 4.76. The van der Waals surface area contributed by atoms with Crippen molar-refractivity contribution in [1.29, 1.82) is 0 Å². The first-order valence-electron chi connectivity index (χ1n) is 12.4. The lowest BCUT2D eigenvalue weighted by Gasteiger charge is -2.32. The molecular weight excluding hydrogens is 460 g/mol. The first kappa shape index (κ1) is 25.5. The summed E-state index contributed by atoms with van der Waals surface area (Å²) in [5.74, 6) is -0.00287. The number of para-hydroxylation sites is 1. The Morgan fingerprint density at radius 3 is 2.53 bits per heavy atom. The number of rotatable bonds is 7. The van der Waals surface area contributed by atoms with Gasteiger partial charge in [0.05, 0.1) is 17.3 Å². The Hall–Kier alpha value is -3.59. The summed E-state index contributed by atoms with van der Waals surface area (Å²) in [4.78, 5) is 31.8. The van der Waals surface area contributed by atoms with Crippen LogP contribution in [0.15, 0.2) is 30.3 Å². The average Bonchev–Trinajstić information content (AvgIpc) is 3.13. The largest absolute Gasteiger partial charge is 0.507 e. The predicted molar refractivity (Wildman–Crippen MR) is 137 cm³/mol. The third-order valence-electron chi connectivity index (χ3n) is 6.64. The van der Waals surface area contributed by atoms with Crippen LogP contribution in [-0.2, 0) is 18.3 Å². The molecule has 3 aromatic rings. The Bertz CT molecular complexity index is 1270. The lowest BCUT2D eigenvalue weighted by molar-refractivity contribution is -0.135. The van der Waals surface area contributed by atoms with Crippen LogP contribution in [0.25, 0.3) is 22.3 Å². The standard InChI is InChI=1S/C27H34N4O5/c1-5-17-14-20-24(29-23(17)19-8-6-7-9-21(19)33)26(36-16(2)3)25(30(20)4)27(35)28-18-10-12-31(13-11-18)22(34)15-32/h6-9,14,16,18,32-33H,5,10-13,15H2,1-4H3,(H,28,35). The van der Waals surface area contributed by atoms with Crippen LogP contribution < -0.4 is 10.1 Å². The molecule has 192 valence electrons. The summed E-state index contributed by atoms with van der Waals surface area (Å²) in [5, 5.41) is 22.7. The van der Waals surface area contributed by atoms with Gasteiger partial charge in [-0.3, -0.25) is 9.59 Å². The molecule has 36 heavy (non-hydrogen) atoms. The molecule has 4 rings (SSSR count). The van der Waals surface area contributed by atoms with Crippen molar-refractivity contribution in [3.63, 3.8) is 0 Å². The lowest BCUT2D eigenvalue weighted by Crippen LogP contribution is -2.47. The number of nitrogens with one attached hydrogen (secondary N) is 1. The molecule has 3 heterocycles. The number of phenols is 1. The Kier molecular flexibility index (Phi) is 7.49. The number of carbonyl (C=O) groups is 2. The molecular formula is C27H34N4O5. The van der Waals surface area contributed by atoms with Gasteiger partial charge < -0.3 is 29.7 Å². The molecule has 0 aliphatic carbocycles. The van der Waals surface area contributed by atoms with Gasteiger partial charge in [-0.25, -0.2) is 4.98 Å². The molecule has 0 saturated carbocycles. The van der Waals surface area contributed by atoms with Gasteiger partial charge in [-0.15, -0.1) is 0 Å². The van der Waals surface area contributed by atoms with E-state index in [1.165, 1.54) is 0 Å². The fraction of sp³-hybridized carbons (Fsp3) is 0.444. The number of ether oxygens (including phenoxy) is 1. The predicted octanol–water partition coefficient (Wildman–Crippen LogP) is 3.01. The van der Waals surface area contributed by atoms with Crippen molar-refractivity contribution in [3.05, 3.63) is 41.6 Å². The van der Waals surface area contributed by atoms with Gasteiger partial charge in [0.25, 0.3) is 5.91 Å². The van der Waals surface area contributed by atoms with Crippen LogP contribution in [-0.4, -0.2) is 68.3 Å². The van der Waals surface area contributed by atoms with Gasteiger partial charge >= 0.3 is 0 Å². The van der Waals surface area contributed by atoms with Crippen molar-refractivity contribution >= 4 is 22.8 Å². The SMILES string of the molecule is CCc1cc2c(nc1-c1ccccc1O)c(OC(C)C)c(C(=O)NC1CCN(C(=O)CO)CC1)n2C. The Labute approximate surface area is 210 Å². The Morgan fingerprint density at radius 2 is 1.92 bits per heavy atom. The number of aliphatic hydroxyl groups excluding tert-OH is 1. The van der Waals surface area contributed by atoms with E-state index in [2.05, 4.69) is 5.32 Å². The van der Waals surface area contributed by atoms with Gasteiger partial charge in [-0.2, -0.15) is 0 Å². The van der Waals surface area contributed by atoms with Crippen LogP contribution in [0.1, 0.15) is 49.7 Å². The fourth-order valence-corrected chi connectivity index (χ4v) is 4.76. The highest BCUT2D eigenvalue weighted by Gasteiger charge is 2.29. The molecule has 0 atom stereocenters. The summed E-state index contributed by atoms with van der Waals surface area (Å²) in [7, 11) is 1.83. The second-order valence-corrected chi connectivity index (χ2v) is 9.42. The molecule has 0 spiro atoms. The summed E-state index contributed by atoms with van der Waals surface area (Å²) in [5.41, 5.74) is 3.97. The molecule has 9 nitrogen and oxygen atoms in total. The number of phenolic OH excluding ortho intramolecular Hbond substituents is 1. The molecule has 0 unspecified atom stereocenters. The number of piperidine rings is 1. The van der Waals surface area contributed by atoms with E-state index < -0.39 is 6.61 Å². The van der Waals surface area contributed by atoms with Crippen LogP contribution in [0, 0.1) is 0 Å². The van der Waals surface area contributed by atoms with Crippen LogP contribution in [0.2, 0.25) is 0 Å². The van der Waals surface area contributed by atoms with E-state index >= 15 is 0 Å². The molecule has 2 amide bonds. The number of likely N-dealkylation sites (tertiary alicyclic amines) is 1. The summed E-state index contributed by atoms with van der Waals surface area (Å²) in [6.07, 6.45) is 1.73. The normalized spacial score (nSPS) is 14.4. The van der Waals surface area contributed by atoms with Crippen molar-refractivity contribution in [2.75, 3.05) is 19.7 Å². The Morgan fingerprint density at radius 1 is 1.22 bits per heavy atom. The first-order valence-corrected chi connectivity index (χ1v) is 12.4. The number of aryl methyl sites for hydroxylation is 2. The molecule has 9 heteroatoms. The number of hydrogen-bond acceptors (Lipinski definition) is 6. The van der Waals surface area contributed by atoms with Crippen LogP contribution >= 0.6 is 0 Å². The highest BCUT2D eigenvalue weighted by Crippen LogP contribution is 2.38. The summed E-state index contributed by atoms with van der Waals surface area (Å²) in [6, 6.07) is 9.00. The van der Waals surface area contributed by atoms with Gasteiger partial charge in [0.1, 0.15) is 17.9 Å². The second kappa shape index (κ2) is 10.6. The van der Waals surface area contributed by atoms with E-state index in [1.807, 2.05) is 50.6 Å². The molecule has 0 radical (unpaired) electrons. The number of pyridine rings is 1. The van der Waals surface area contributed by atoms with E-state index in [4.69, 9.17) is 14.8 Å². The highest BCUT2D eigenvalue weighted by molar-refractivity contribution is 6.03. The van der Waals surface area contributed by atoms with Gasteiger partial charge in [-0.1, -0.05) is 19.1 Å². The smallest absolute Gasteiger partial charge is 0.272 e. The minimum Gasteiger partial charge on any atom is -0.507 e. The maximum Gasteiger partial charge on any atom is 0.272 e. The van der Waals surface area contributed by atoms with Gasteiger partial charge in [0, 0.05) is 31.7 Å². The number of aromatic hydroxyl groups is 1. The molecule has 1 aliphatic rings. The number of carbonyl (C=O) groups excluding carboxylic acids is 2. The monoisotopic (exact) mass is 494 g/mol. The molecule has 0 bridgehead atoms.